The topological polar surface area (TPSA) is 96.0 Å². The molecule has 0 radical (unpaired) electrons. The Morgan fingerprint density at radius 1 is 1.06 bits per heavy atom. The summed E-state index contributed by atoms with van der Waals surface area (Å²) in [6.07, 6.45) is 3.20. The molecule has 0 bridgehead atoms. The van der Waals surface area contributed by atoms with Gasteiger partial charge in [-0.2, -0.15) is 15.0 Å². The first-order valence-electron chi connectivity index (χ1n) is 4.78. The average Bonchev–Trinajstić information content (AvgIpc) is 2.38. The van der Waals surface area contributed by atoms with E-state index in [1.807, 2.05) is 0 Å². The quantitative estimate of drug-likeness (QED) is 0.826. The summed E-state index contributed by atoms with van der Waals surface area (Å²) in [4.78, 5) is 15.9. The van der Waals surface area contributed by atoms with Crippen molar-refractivity contribution in [3.05, 3.63) is 18.5 Å². The molecule has 0 amide bonds. The first-order valence-corrected chi connectivity index (χ1v) is 4.78. The number of nitrogen functional groups attached to an aromatic ring is 1. The smallest absolute Gasteiger partial charge is 0.321 e. The number of rotatable bonds is 3. The summed E-state index contributed by atoms with van der Waals surface area (Å²) in [6, 6.07) is 1.91. The Labute approximate surface area is 97.7 Å². The van der Waals surface area contributed by atoms with Crippen molar-refractivity contribution >= 4 is 5.95 Å². The Morgan fingerprint density at radius 3 is 2.59 bits per heavy atom. The number of anilines is 1. The lowest BCUT2D eigenvalue weighted by Gasteiger charge is -2.04. The number of hydrogen-bond donors (Lipinski definition) is 1. The fraction of sp³-hybridized carbons (Fsp3) is 0.200. The Hall–Kier alpha value is -2.44. The largest absolute Gasteiger partial charge is 0.495 e. The Bertz CT molecular complexity index is 532. The number of methoxy groups -OCH3 is 2. The van der Waals surface area contributed by atoms with Gasteiger partial charge in [0.2, 0.25) is 5.95 Å². The van der Waals surface area contributed by atoms with E-state index in [4.69, 9.17) is 15.2 Å². The molecule has 0 aliphatic rings. The molecule has 0 aliphatic heterocycles. The molecule has 2 heterocycles. The van der Waals surface area contributed by atoms with Crippen molar-refractivity contribution in [2.24, 2.45) is 0 Å². The summed E-state index contributed by atoms with van der Waals surface area (Å²) in [5.74, 6) is 1.09. The van der Waals surface area contributed by atoms with E-state index in [-0.39, 0.29) is 12.0 Å². The van der Waals surface area contributed by atoms with Gasteiger partial charge in [-0.05, 0) is 6.07 Å². The van der Waals surface area contributed by atoms with Gasteiger partial charge in [-0.15, -0.1) is 0 Å². The molecule has 0 unspecified atom stereocenters. The maximum Gasteiger partial charge on any atom is 0.321 e. The lowest BCUT2D eigenvalue weighted by molar-refractivity contribution is 0.379. The highest BCUT2D eigenvalue weighted by atomic mass is 16.5. The monoisotopic (exact) mass is 233 g/mol. The molecule has 7 nitrogen and oxygen atoms in total. The van der Waals surface area contributed by atoms with Gasteiger partial charge in [-0.25, -0.2) is 0 Å². The normalized spacial score (nSPS) is 10.0. The standard InChI is InChI=1S/C10H11N5O2/c1-16-7-3-6(4-12-5-7)8-13-9(11)15-10(14-8)17-2/h3-5H,1-2H3,(H2,11,13,14,15). The highest BCUT2D eigenvalue weighted by Gasteiger charge is 2.08. The van der Waals surface area contributed by atoms with E-state index in [0.717, 1.165) is 0 Å². The van der Waals surface area contributed by atoms with Gasteiger partial charge in [0.25, 0.3) is 0 Å². The predicted octanol–water partition coefficient (Wildman–Crippen LogP) is 0.533. The van der Waals surface area contributed by atoms with Gasteiger partial charge in [-0.3, -0.25) is 4.98 Å². The molecule has 2 aromatic heterocycles. The zero-order valence-electron chi connectivity index (χ0n) is 9.41. The third-order valence-corrected chi connectivity index (χ3v) is 2.02. The number of nitrogens with two attached hydrogens (primary N) is 1. The molecule has 0 saturated heterocycles. The molecule has 0 saturated carbocycles. The van der Waals surface area contributed by atoms with Crippen molar-refractivity contribution in [3.8, 4) is 23.1 Å². The number of nitrogens with zero attached hydrogens (tertiary/aromatic N) is 4. The summed E-state index contributed by atoms with van der Waals surface area (Å²) < 4.78 is 9.99. The molecule has 17 heavy (non-hydrogen) atoms. The fourth-order valence-corrected chi connectivity index (χ4v) is 1.25. The average molecular weight is 233 g/mol. The summed E-state index contributed by atoms with van der Waals surface area (Å²) >= 11 is 0. The van der Waals surface area contributed by atoms with Crippen LogP contribution in [0.15, 0.2) is 18.5 Å². The van der Waals surface area contributed by atoms with Crippen molar-refractivity contribution in [3.63, 3.8) is 0 Å². The van der Waals surface area contributed by atoms with E-state index in [1.165, 1.54) is 7.11 Å². The van der Waals surface area contributed by atoms with Crippen LogP contribution < -0.4 is 15.2 Å². The fourth-order valence-electron chi connectivity index (χ4n) is 1.25. The van der Waals surface area contributed by atoms with E-state index < -0.39 is 0 Å². The van der Waals surface area contributed by atoms with Gasteiger partial charge in [-0.1, -0.05) is 0 Å². The second-order valence-electron chi connectivity index (χ2n) is 3.12. The van der Waals surface area contributed by atoms with Crippen LogP contribution in [0.5, 0.6) is 11.8 Å². The zero-order chi connectivity index (χ0) is 12.3. The number of aromatic nitrogens is 4. The van der Waals surface area contributed by atoms with Gasteiger partial charge in [0.15, 0.2) is 5.82 Å². The predicted molar refractivity (Wildman–Crippen MR) is 60.6 cm³/mol. The lowest BCUT2D eigenvalue weighted by atomic mass is 10.2. The summed E-state index contributed by atoms with van der Waals surface area (Å²) in [5, 5.41) is 0. The maximum atomic E-state index is 5.55. The SMILES string of the molecule is COc1cncc(-c2nc(N)nc(OC)n2)c1. The molecule has 88 valence electrons. The van der Waals surface area contributed by atoms with Crippen LogP contribution in [0.25, 0.3) is 11.4 Å². The molecule has 2 rings (SSSR count). The van der Waals surface area contributed by atoms with Crippen molar-refractivity contribution in [2.75, 3.05) is 20.0 Å². The maximum absolute atomic E-state index is 5.55. The number of hydrogen-bond acceptors (Lipinski definition) is 7. The van der Waals surface area contributed by atoms with E-state index in [1.54, 1.807) is 25.6 Å². The van der Waals surface area contributed by atoms with Crippen LogP contribution in [-0.4, -0.2) is 34.2 Å². The van der Waals surface area contributed by atoms with Crippen molar-refractivity contribution in [1.29, 1.82) is 0 Å². The molecule has 7 heteroatoms. The van der Waals surface area contributed by atoms with Gasteiger partial charge in [0.05, 0.1) is 20.4 Å². The van der Waals surface area contributed by atoms with Gasteiger partial charge >= 0.3 is 6.01 Å². The van der Waals surface area contributed by atoms with Crippen molar-refractivity contribution < 1.29 is 9.47 Å². The summed E-state index contributed by atoms with van der Waals surface area (Å²) in [7, 11) is 3.02. The molecule has 0 aromatic carbocycles. The molecular weight excluding hydrogens is 222 g/mol. The molecule has 0 atom stereocenters. The first kappa shape index (κ1) is 11.1. The number of ether oxygens (including phenoxy) is 2. The minimum Gasteiger partial charge on any atom is -0.495 e. The van der Waals surface area contributed by atoms with Crippen LogP contribution in [-0.2, 0) is 0 Å². The van der Waals surface area contributed by atoms with Crippen molar-refractivity contribution in [2.45, 2.75) is 0 Å². The van der Waals surface area contributed by atoms with Crippen LogP contribution >= 0.6 is 0 Å². The molecule has 2 aromatic rings. The molecule has 0 fully saturated rings. The second-order valence-corrected chi connectivity index (χ2v) is 3.12. The summed E-state index contributed by atoms with van der Waals surface area (Å²) in [5.41, 5.74) is 6.23. The van der Waals surface area contributed by atoms with Crippen LogP contribution in [0.3, 0.4) is 0 Å². The first-order chi connectivity index (χ1) is 8.22. The zero-order valence-corrected chi connectivity index (χ0v) is 9.41. The Balaban J connectivity index is 2.47. The summed E-state index contributed by atoms with van der Waals surface area (Å²) in [6.45, 7) is 0. The van der Waals surface area contributed by atoms with Crippen LogP contribution in [0.2, 0.25) is 0 Å². The Kier molecular flexibility index (Phi) is 2.99. The van der Waals surface area contributed by atoms with Gasteiger partial charge < -0.3 is 15.2 Å². The van der Waals surface area contributed by atoms with E-state index >= 15 is 0 Å². The molecule has 0 aliphatic carbocycles. The van der Waals surface area contributed by atoms with Crippen LogP contribution in [0.4, 0.5) is 5.95 Å². The van der Waals surface area contributed by atoms with E-state index in [9.17, 15) is 0 Å². The lowest BCUT2D eigenvalue weighted by Crippen LogP contribution is -2.02. The van der Waals surface area contributed by atoms with Crippen molar-refractivity contribution in [1.82, 2.24) is 19.9 Å². The third kappa shape index (κ3) is 2.39. The van der Waals surface area contributed by atoms with Crippen LogP contribution in [0, 0.1) is 0 Å². The third-order valence-electron chi connectivity index (χ3n) is 2.02. The second kappa shape index (κ2) is 4.60. The van der Waals surface area contributed by atoms with Crippen LogP contribution in [0.1, 0.15) is 0 Å². The molecule has 2 N–H and O–H groups in total. The van der Waals surface area contributed by atoms with Gasteiger partial charge in [0.1, 0.15) is 5.75 Å². The molecule has 0 spiro atoms. The van der Waals surface area contributed by atoms with Gasteiger partial charge in [0, 0.05) is 11.8 Å². The van der Waals surface area contributed by atoms with E-state index in [0.29, 0.717) is 17.1 Å². The van der Waals surface area contributed by atoms with E-state index in [2.05, 4.69) is 19.9 Å². The minimum absolute atomic E-state index is 0.0923. The highest BCUT2D eigenvalue weighted by molar-refractivity contribution is 5.56. The highest BCUT2D eigenvalue weighted by Crippen LogP contribution is 2.20. The Morgan fingerprint density at radius 2 is 1.88 bits per heavy atom. The number of pyridine rings is 1. The molecular formula is C10H11N5O2. The minimum atomic E-state index is 0.0923.